The summed E-state index contributed by atoms with van der Waals surface area (Å²) in [4.78, 5) is 27.1. The van der Waals surface area contributed by atoms with E-state index < -0.39 is 17.7 Å². The highest BCUT2D eigenvalue weighted by Crippen LogP contribution is 2.40. The lowest BCUT2D eigenvalue weighted by molar-refractivity contribution is -0.140. The van der Waals surface area contributed by atoms with Crippen LogP contribution in [0.25, 0.3) is 5.76 Å². The Bertz CT molecular complexity index is 1030. The van der Waals surface area contributed by atoms with Gasteiger partial charge in [0.15, 0.2) is 0 Å². The van der Waals surface area contributed by atoms with E-state index in [1.54, 1.807) is 42.5 Å². The number of ketones is 1. The highest BCUT2D eigenvalue weighted by molar-refractivity contribution is 6.46. The lowest BCUT2D eigenvalue weighted by atomic mass is 9.95. The minimum absolute atomic E-state index is 0.0136. The summed E-state index contributed by atoms with van der Waals surface area (Å²) >= 11 is 12.2. The first-order valence-corrected chi connectivity index (χ1v) is 11.0. The van der Waals surface area contributed by atoms with Gasteiger partial charge in [0, 0.05) is 19.2 Å². The van der Waals surface area contributed by atoms with Crippen molar-refractivity contribution in [3.05, 3.63) is 69.2 Å². The molecule has 1 saturated heterocycles. The zero-order chi connectivity index (χ0) is 23.4. The van der Waals surface area contributed by atoms with E-state index in [-0.39, 0.29) is 29.5 Å². The van der Waals surface area contributed by atoms with E-state index in [0.29, 0.717) is 34.4 Å². The Hall–Kier alpha value is -2.54. The van der Waals surface area contributed by atoms with Crippen LogP contribution in [0.2, 0.25) is 10.0 Å². The molecule has 3 rings (SSSR count). The van der Waals surface area contributed by atoms with Crippen molar-refractivity contribution in [3.63, 3.8) is 0 Å². The Kier molecular flexibility index (Phi) is 7.82. The number of hydrogen-bond acceptors (Lipinski definition) is 5. The molecule has 1 atom stereocenters. The number of rotatable bonds is 8. The molecular formula is C24H25Cl2NO5. The number of Topliss-reactive ketones (excluding diaryl/α,β-unsaturated/α-hetero) is 1. The molecule has 0 aliphatic carbocycles. The van der Waals surface area contributed by atoms with Gasteiger partial charge in [-0.15, -0.1) is 0 Å². The van der Waals surface area contributed by atoms with Gasteiger partial charge < -0.3 is 19.5 Å². The Morgan fingerprint density at radius 2 is 1.78 bits per heavy atom. The largest absolute Gasteiger partial charge is 0.507 e. The number of nitrogens with zero attached hydrogens (tertiary/aromatic N) is 1. The van der Waals surface area contributed by atoms with Crippen LogP contribution < -0.4 is 4.74 Å². The van der Waals surface area contributed by atoms with Gasteiger partial charge in [0.25, 0.3) is 11.7 Å². The monoisotopic (exact) mass is 477 g/mol. The maximum atomic E-state index is 12.9. The highest BCUT2D eigenvalue weighted by atomic mass is 35.5. The first-order chi connectivity index (χ1) is 15.2. The molecule has 0 bridgehead atoms. The van der Waals surface area contributed by atoms with Crippen LogP contribution in [0.3, 0.4) is 0 Å². The first kappa shape index (κ1) is 24.1. The third kappa shape index (κ3) is 5.09. The number of aliphatic hydroxyl groups is 1. The Morgan fingerprint density at radius 3 is 2.38 bits per heavy atom. The first-order valence-electron chi connectivity index (χ1n) is 10.2. The number of carbonyl (C=O) groups excluding carboxylic acids is 2. The molecule has 0 spiro atoms. The van der Waals surface area contributed by atoms with Crippen LogP contribution in [0, 0.1) is 5.92 Å². The van der Waals surface area contributed by atoms with E-state index >= 15 is 0 Å². The van der Waals surface area contributed by atoms with Crippen molar-refractivity contribution in [2.75, 3.05) is 26.9 Å². The Balaban J connectivity index is 2.05. The fraction of sp³-hybridized carbons (Fsp3) is 0.333. The van der Waals surface area contributed by atoms with Gasteiger partial charge in [-0.1, -0.05) is 43.1 Å². The maximum Gasteiger partial charge on any atom is 0.295 e. The van der Waals surface area contributed by atoms with Crippen LogP contribution in [0.15, 0.2) is 48.0 Å². The summed E-state index contributed by atoms with van der Waals surface area (Å²) in [6, 6.07) is 10.8. The summed E-state index contributed by atoms with van der Waals surface area (Å²) in [6.45, 7) is 5.06. The van der Waals surface area contributed by atoms with Crippen molar-refractivity contribution in [1.82, 2.24) is 4.90 Å². The van der Waals surface area contributed by atoms with E-state index in [1.165, 1.54) is 12.0 Å². The Morgan fingerprint density at radius 1 is 1.09 bits per heavy atom. The summed E-state index contributed by atoms with van der Waals surface area (Å²) < 4.78 is 10.8. The molecule has 1 aliphatic rings. The van der Waals surface area contributed by atoms with Gasteiger partial charge in [0.05, 0.1) is 34.9 Å². The van der Waals surface area contributed by atoms with Crippen LogP contribution in [0.4, 0.5) is 0 Å². The number of carbonyl (C=O) groups is 2. The van der Waals surface area contributed by atoms with E-state index in [0.717, 1.165) is 0 Å². The molecule has 0 radical (unpaired) electrons. The number of ether oxygens (including phenoxy) is 2. The molecule has 1 fully saturated rings. The number of likely N-dealkylation sites (tertiary alicyclic amines) is 1. The van der Waals surface area contributed by atoms with Gasteiger partial charge in [-0.3, -0.25) is 9.59 Å². The molecule has 1 N–H and O–H groups in total. The van der Waals surface area contributed by atoms with Crippen molar-refractivity contribution in [1.29, 1.82) is 0 Å². The highest BCUT2D eigenvalue weighted by Gasteiger charge is 2.46. The molecule has 2 aromatic rings. The zero-order valence-corrected chi connectivity index (χ0v) is 19.6. The smallest absolute Gasteiger partial charge is 0.295 e. The molecule has 6 nitrogen and oxygen atoms in total. The predicted octanol–water partition coefficient (Wildman–Crippen LogP) is 5.10. The van der Waals surface area contributed by atoms with Gasteiger partial charge in [-0.05, 0) is 47.9 Å². The van der Waals surface area contributed by atoms with Gasteiger partial charge in [0.2, 0.25) is 0 Å². The summed E-state index contributed by atoms with van der Waals surface area (Å²) in [5.74, 6) is -0.727. The molecule has 1 heterocycles. The number of hydrogen-bond donors (Lipinski definition) is 1. The second kappa shape index (κ2) is 10.4. The topological polar surface area (TPSA) is 76.1 Å². The Labute approximate surface area is 197 Å². The van der Waals surface area contributed by atoms with E-state index in [1.807, 2.05) is 13.8 Å². The molecule has 0 aromatic heterocycles. The van der Waals surface area contributed by atoms with Crippen LogP contribution in [-0.4, -0.2) is 48.6 Å². The van der Waals surface area contributed by atoms with E-state index in [4.69, 9.17) is 32.7 Å². The maximum absolute atomic E-state index is 12.9. The third-order valence-electron chi connectivity index (χ3n) is 5.05. The fourth-order valence-corrected chi connectivity index (χ4v) is 3.76. The molecule has 2 aromatic carbocycles. The summed E-state index contributed by atoms with van der Waals surface area (Å²) in [5, 5.41) is 11.7. The second-order valence-corrected chi connectivity index (χ2v) is 8.70. The van der Waals surface area contributed by atoms with Gasteiger partial charge in [0.1, 0.15) is 11.5 Å². The number of benzene rings is 2. The summed E-state index contributed by atoms with van der Waals surface area (Å²) in [6.07, 6.45) is 0. The molecule has 170 valence electrons. The normalized spacial score (nSPS) is 17.9. The van der Waals surface area contributed by atoms with Crippen LogP contribution >= 0.6 is 23.2 Å². The van der Waals surface area contributed by atoms with E-state index in [2.05, 4.69) is 0 Å². The lowest BCUT2D eigenvalue weighted by Crippen LogP contribution is -2.32. The van der Waals surface area contributed by atoms with Crippen molar-refractivity contribution in [3.8, 4) is 5.75 Å². The van der Waals surface area contributed by atoms with Gasteiger partial charge in [-0.25, -0.2) is 0 Å². The quantitative estimate of drug-likeness (QED) is 0.325. The molecule has 32 heavy (non-hydrogen) atoms. The summed E-state index contributed by atoms with van der Waals surface area (Å²) in [5.41, 5.74) is 0.949. The van der Waals surface area contributed by atoms with Crippen molar-refractivity contribution < 1.29 is 24.2 Å². The van der Waals surface area contributed by atoms with Crippen molar-refractivity contribution >= 4 is 40.7 Å². The van der Waals surface area contributed by atoms with Crippen LogP contribution in [0.5, 0.6) is 5.75 Å². The van der Waals surface area contributed by atoms with Crippen molar-refractivity contribution in [2.45, 2.75) is 19.9 Å². The fourth-order valence-electron chi connectivity index (χ4n) is 3.46. The third-order valence-corrected chi connectivity index (χ3v) is 5.79. The zero-order valence-electron chi connectivity index (χ0n) is 18.1. The molecule has 0 saturated carbocycles. The lowest BCUT2D eigenvalue weighted by Gasteiger charge is -2.25. The number of aliphatic hydroxyl groups excluding tert-OH is 1. The standard InChI is InChI=1S/C24H25Cl2NO5/c1-14(2)13-32-17-7-4-15(5-8-17)22(28)20-21(16-6-9-18(25)19(26)12-16)27(10-11-31-3)24(30)23(20)29/h4-9,12,14,21,28H,10-11,13H2,1-3H3/b22-20-. The van der Waals surface area contributed by atoms with Crippen LogP contribution in [0.1, 0.15) is 31.0 Å². The minimum Gasteiger partial charge on any atom is -0.507 e. The molecule has 1 unspecified atom stereocenters. The van der Waals surface area contributed by atoms with E-state index in [9.17, 15) is 14.7 Å². The molecule has 8 heteroatoms. The minimum atomic E-state index is -0.822. The SMILES string of the molecule is COCCN1C(=O)C(=O)/C(=C(\O)c2ccc(OCC(C)C)cc2)C1c1ccc(Cl)c(Cl)c1. The summed E-state index contributed by atoms with van der Waals surface area (Å²) in [7, 11) is 1.51. The molecule has 1 aliphatic heterocycles. The number of amides is 1. The van der Waals surface area contributed by atoms with Gasteiger partial charge >= 0.3 is 0 Å². The van der Waals surface area contributed by atoms with Gasteiger partial charge in [-0.2, -0.15) is 0 Å². The number of halogens is 2. The molecular weight excluding hydrogens is 453 g/mol. The predicted molar refractivity (Wildman–Crippen MR) is 124 cm³/mol. The van der Waals surface area contributed by atoms with Crippen LogP contribution in [-0.2, 0) is 14.3 Å². The number of methoxy groups -OCH3 is 1. The average molecular weight is 478 g/mol. The van der Waals surface area contributed by atoms with Crippen molar-refractivity contribution in [2.24, 2.45) is 5.92 Å². The second-order valence-electron chi connectivity index (χ2n) is 7.89. The average Bonchev–Trinajstić information content (AvgIpc) is 3.02. The molecule has 1 amide bonds.